The quantitative estimate of drug-likeness (QED) is 0.842. The molecule has 0 bridgehead atoms. The van der Waals surface area contributed by atoms with Crippen molar-refractivity contribution in [2.75, 3.05) is 11.4 Å². The normalized spacial score (nSPS) is 19.6. The van der Waals surface area contributed by atoms with Crippen molar-refractivity contribution in [3.63, 3.8) is 0 Å². The standard InChI is InChI=1S/C13H12F3N3S/c14-13(15,16)11-5-6-12(18-17-11)19-7-1-3-9(19)10-4-2-8-20-10/h2,4-6,8-9H,1,3,7H2. The van der Waals surface area contributed by atoms with Gasteiger partial charge in [-0.3, -0.25) is 0 Å². The Hall–Kier alpha value is -1.63. The van der Waals surface area contributed by atoms with E-state index >= 15 is 0 Å². The molecule has 0 radical (unpaired) electrons. The van der Waals surface area contributed by atoms with Gasteiger partial charge in [-0.1, -0.05) is 6.07 Å². The van der Waals surface area contributed by atoms with Crippen LogP contribution in [0.25, 0.3) is 0 Å². The van der Waals surface area contributed by atoms with Crippen LogP contribution in [0, 0.1) is 0 Å². The first-order chi connectivity index (χ1) is 9.55. The molecule has 3 nitrogen and oxygen atoms in total. The number of alkyl halides is 3. The monoisotopic (exact) mass is 299 g/mol. The van der Waals surface area contributed by atoms with Crippen molar-refractivity contribution in [1.29, 1.82) is 0 Å². The first-order valence-corrected chi connectivity index (χ1v) is 7.14. The van der Waals surface area contributed by atoms with Crippen LogP contribution >= 0.6 is 11.3 Å². The van der Waals surface area contributed by atoms with E-state index in [1.165, 1.54) is 10.9 Å². The average molecular weight is 299 g/mol. The van der Waals surface area contributed by atoms with Gasteiger partial charge in [0.15, 0.2) is 11.5 Å². The van der Waals surface area contributed by atoms with Crippen LogP contribution < -0.4 is 4.90 Å². The zero-order chi connectivity index (χ0) is 14.2. The highest BCUT2D eigenvalue weighted by Crippen LogP contribution is 2.37. The van der Waals surface area contributed by atoms with E-state index in [2.05, 4.69) is 10.2 Å². The van der Waals surface area contributed by atoms with Gasteiger partial charge in [0.2, 0.25) is 0 Å². The van der Waals surface area contributed by atoms with Crippen molar-refractivity contribution in [1.82, 2.24) is 10.2 Å². The molecule has 0 saturated carbocycles. The van der Waals surface area contributed by atoms with Gasteiger partial charge in [-0.15, -0.1) is 21.5 Å². The minimum absolute atomic E-state index is 0.195. The van der Waals surface area contributed by atoms with E-state index in [1.54, 1.807) is 11.3 Å². The molecule has 2 aromatic heterocycles. The van der Waals surface area contributed by atoms with Gasteiger partial charge in [0, 0.05) is 11.4 Å². The van der Waals surface area contributed by atoms with Crippen LogP contribution in [0.1, 0.15) is 29.5 Å². The Labute approximate surface area is 118 Å². The molecule has 1 aliphatic rings. The van der Waals surface area contributed by atoms with Crippen molar-refractivity contribution in [2.45, 2.75) is 25.1 Å². The van der Waals surface area contributed by atoms with Crippen LogP contribution in [0.2, 0.25) is 0 Å². The molecule has 1 aliphatic heterocycles. The summed E-state index contributed by atoms with van der Waals surface area (Å²) in [7, 11) is 0. The van der Waals surface area contributed by atoms with Crippen molar-refractivity contribution < 1.29 is 13.2 Å². The second-order valence-electron chi connectivity index (χ2n) is 4.64. The third kappa shape index (κ3) is 2.49. The number of nitrogens with zero attached hydrogens (tertiary/aromatic N) is 3. The average Bonchev–Trinajstić information content (AvgIpc) is 3.08. The summed E-state index contributed by atoms with van der Waals surface area (Å²) in [6, 6.07) is 6.62. The Morgan fingerprint density at radius 2 is 2.05 bits per heavy atom. The predicted molar refractivity (Wildman–Crippen MR) is 70.7 cm³/mol. The number of hydrogen-bond acceptors (Lipinski definition) is 4. The molecule has 7 heteroatoms. The number of halogens is 3. The van der Waals surface area contributed by atoms with Crippen LogP contribution in [-0.4, -0.2) is 16.7 Å². The summed E-state index contributed by atoms with van der Waals surface area (Å²) in [5.41, 5.74) is -0.951. The fourth-order valence-corrected chi connectivity index (χ4v) is 3.32. The number of thiophene rings is 1. The molecule has 20 heavy (non-hydrogen) atoms. The largest absolute Gasteiger partial charge is 0.435 e. The van der Waals surface area contributed by atoms with Gasteiger partial charge in [0.1, 0.15) is 0 Å². The Morgan fingerprint density at radius 1 is 1.20 bits per heavy atom. The van der Waals surface area contributed by atoms with Crippen LogP contribution in [0.5, 0.6) is 0 Å². The zero-order valence-electron chi connectivity index (χ0n) is 10.5. The molecule has 0 aromatic carbocycles. The van der Waals surface area contributed by atoms with Gasteiger partial charge in [-0.25, -0.2) is 0 Å². The van der Waals surface area contributed by atoms with E-state index < -0.39 is 11.9 Å². The number of aromatic nitrogens is 2. The molecular formula is C13H12F3N3S. The lowest BCUT2D eigenvalue weighted by atomic mass is 10.2. The highest BCUT2D eigenvalue weighted by molar-refractivity contribution is 7.10. The molecule has 1 unspecified atom stereocenters. The molecular weight excluding hydrogens is 287 g/mol. The van der Waals surface area contributed by atoms with Crippen molar-refractivity contribution in [3.05, 3.63) is 40.2 Å². The smallest absolute Gasteiger partial charge is 0.347 e. The van der Waals surface area contributed by atoms with E-state index in [4.69, 9.17) is 0 Å². The second kappa shape index (κ2) is 5.05. The van der Waals surface area contributed by atoms with Crippen LogP contribution in [0.3, 0.4) is 0 Å². The molecule has 3 heterocycles. The van der Waals surface area contributed by atoms with Crippen LogP contribution in [0.4, 0.5) is 19.0 Å². The van der Waals surface area contributed by atoms with E-state index in [9.17, 15) is 13.2 Å². The van der Waals surface area contributed by atoms with Gasteiger partial charge in [-0.05, 0) is 36.4 Å². The van der Waals surface area contributed by atoms with E-state index in [0.717, 1.165) is 25.5 Å². The van der Waals surface area contributed by atoms with Crippen LogP contribution in [-0.2, 0) is 6.18 Å². The molecule has 0 N–H and O–H groups in total. The Balaban J connectivity index is 1.85. The zero-order valence-corrected chi connectivity index (χ0v) is 11.3. The van der Waals surface area contributed by atoms with Crippen molar-refractivity contribution in [2.24, 2.45) is 0 Å². The molecule has 1 saturated heterocycles. The minimum atomic E-state index is -4.44. The lowest BCUT2D eigenvalue weighted by Gasteiger charge is -2.24. The third-order valence-electron chi connectivity index (χ3n) is 3.36. The Morgan fingerprint density at radius 3 is 2.65 bits per heavy atom. The van der Waals surface area contributed by atoms with E-state index in [1.807, 2.05) is 22.4 Å². The molecule has 1 atom stereocenters. The molecule has 106 valence electrons. The van der Waals surface area contributed by atoms with Crippen LogP contribution in [0.15, 0.2) is 29.6 Å². The first-order valence-electron chi connectivity index (χ1n) is 6.26. The molecule has 0 amide bonds. The minimum Gasteiger partial charge on any atom is -0.347 e. The molecule has 1 fully saturated rings. The van der Waals surface area contributed by atoms with Gasteiger partial charge in [-0.2, -0.15) is 13.2 Å². The highest BCUT2D eigenvalue weighted by atomic mass is 32.1. The maximum absolute atomic E-state index is 12.5. The lowest BCUT2D eigenvalue weighted by Crippen LogP contribution is -2.23. The van der Waals surface area contributed by atoms with E-state index in [0.29, 0.717) is 5.82 Å². The van der Waals surface area contributed by atoms with Crippen molar-refractivity contribution in [3.8, 4) is 0 Å². The molecule has 0 aliphatic carbocycles. The summed E-state index contributed by atoms with van der Waals surface area (Å²) in [6.45, 7) is 0.794. The number of hydrogen-bond donors (Lipinski definition) is 0. The summed E-state index contributed by atoms with van der Waals surface area (Å²) in [5, 5.41) is 9.05. The first kappa shape index (κ1) is 13.4. The maximum Gasteiger partial charge on any atom is 0.435 e. The van der Waals surface area contributed by atoms with Gasteiger partial charge >= 0.3 is 6.18 Å². The Kier molecular flexibility index (Phi) is 3.37. The third-order valence-corrected chi connectivity index (χ3v) is 4.33. The molecule has 0 spiro atoms. The summed E-state index contributed by atoms with van der Waals surface area (Å²) in [4.78, 5) is 3.24. The molecule has 2 aromatic rings. The predicted octanol–water partition coefficient (Wildman–Crippen LogP) is 3.90. The lowest BCUT2D eigenvalue weighted by molar-refractivity contribution is -0.141. The summed E-state index contributed by atoms with van der Waals surface area (Å²) >= 11 is 1.66. The number of rotatable bonds is 2. The van der Waals surface area contributed by atoms with Gasteiger partial charge in [0.25, 0.3) is 0 Å². The molecule has 3 rings (SSSR count). The number of anilines is 1. The topological polar surface area (TPSA) is 29.0 Å². The Bertz CT molecular complexity index is 566. The van der Waals surface area contributed by atoms with Gasteiger partial charge < -0.3 is 4.90 Å². The fraction of sp³-hybridized carbons (Fsp3) is 0.385. The summed E-state index contributed by atoms with van der Waals surface area (Å²) < 4.78 is 37.4. The van der Waals surface area contributed by atoms with E-state index in [-0.39, 0.29) is 6.04 Å². The maximum atomic E-state index is 12.5. The summed E-state index contributed by atoms with van der Waals surface area (Å²) in [5.74, 6) is 0.508. The highest BCUT2D eigenvalue weighted by Gasteiger charge is 2.34. The SMILES string of the molecule is FC(F)(F)c1ccc(N2CCCC2c2cccs2)nn1. The second-order valence-corrected chi connectivity index (χ2v) is 5.62. The van der Waals surface area contributed by atoms with Gasteiger partial charge in [0.05, 0.1) is 6.04 Å². The van der Waals surface area contributed by atoms with Crippen molar-refractivity contribution >= 4 is 17.2 Å². The summed E-state index contributed by atoms with van der Waals surface area (Å²) in [6.07, 6.45) is -2.45. The fourth-order valence-electron chi connectivity index (χ4n) is 2.45.